The Morgan fingerprint density at radius 2 is 2.00 bits per heavy atom. The number of carbonyl (C=O) groups excluding carboxylic acids is 2. The molecule has 2 N–H and O–H groups in total. The second-order valence-electron chi connectivity index (χ2n) is 11.3. The summed E-state index contributed by atoms with van der Waals surface area (Å²) in [5, 5.41) is 6.45. The van der Waals surface area contributed by atoms with Gasteiger partial charge in [-0.15, -0.1) is 0 Å². The van der Waals surface area contributed by atoms with Crippen molar-refractivity contribution in [1.82, 2.24) is 14.9 Å². The third kappa shape index (κ3) is 7.67. The molecule has 1 aromatic heterocycles. The van der Waals surface area contributed by atoms with Crippen molar-refractivity contribution in [3.63, 3.8) is 0 Å². The van der Waals surface area contributed by atoms with Gasteiger partial charge in [0.05, 0.1) is 17.8 Å². The van der Waals surface area contributed by atoms with E-state index in [0.717, 1.165) is 25.7 Å². The fourth-order valence-electron chi connectivity index (χ4n) is 4.12. The zero-order chi connectivity index (χ0) is 27.4. The Hall–Kier alpha value is -3.67. The molecule has 2 aliphatic rings. The summed E-state index contributed by atoms with van der Waals surface area (Å²) in [6, 6.07) is 5.99. The first-order valence-electron chi connectivity index (χ1n) is 13.1. The number of hydrogen-bond donors (Lipinski definition) is 2. The largest absolute Gasteiger partial charge is 0.444 e. The van der Waals surface area contributed by atoms with Gasteiger partial charge in [-0.2, -0.15) is 4.98 Å². The molecular weight excluding hydrogens is 485 g/mol. The number of benzene rings is 1. The van der Waals surface area contributed by atoms with Crippen LogP contribution < -0.4 is 10.6 Å². The number of Topliss-reactive ketones (excluding diaryl/α,β-unsaturated/α-hetero) is 1. The lowest BCUT2D eigenvalue weighted by atomic mass is 9.72. The van der Waals surface area contributed by atoms with Crippen LogP contribution in [-0.2, 0) is 9.53 Å². The molecule has 1 amide bonds. The molecule has 4 rings (SSSR count). The van der Waals surface area contributed by atoms with Gasteiger partial charge in [0.25, 0.3) is 0 Å². The first kappa shape index (κ1) is 27.4. The molecule has 2 aliphatic carbocycles. The summed E-state index contributed by atoms with van der Waals surface area (Å²) in [7, 11) is 1.60. The maximum Gasteiger partial charge on any atom is 0.410 e. The molecule has 0 bridgehead atoms. The van der Waals surface area contributed by atoms with Gasteiger partial charge in [0.1, 0.15) is 17.2 Å². The Morgan fingerprint density at radius 3 is 2.66 bits per heavy atom. The van der Waals surface area contributed by atoms with Gasteiger partial charge in [-0.25, -0.2) is 14.2 Å². The van der Waals surface area contributed by atoms with E-state index in [9.17, 15) is 14.0 Å². The molecule has 0 radical (unpaired) electrons. The standard InChI is InChI=1S/C29H36FN5O3/c1-18(35(5)28(37)38-29(2,3)4)25(36)15-20-13-19(14-20)9-10-21-17-31-27(34-26(21)32-23-11-12-23)33-24-8-6-7-22(30)16-24/h6-8,16-20,23H,11-15H2,1-5H3,(H2,31,32,33,34)/t18-,19?,20?/m0/s1. The van der Waals surface area contributed by atoms with Crippen molar-refractivity contribution >= 4 is 29.3 Å². The molecule has 8 nitrogen and oxygen atoms in total. The summed E-state index contributed by atoms with van der Waals surface area (Å²) >= 11 is 0. The van der Waals surface area contributed by atoms with E-state index < -0.39 is 17.7 Å². The Kier molecular flexibility index (Phi) is 8.20. The van der Waals surface area contributed by atoms with E-state index in [-0.39, 0.29) is 23.4 Å². The summed E-state index contributed by atoms with van der Waals surface area (Å²) in [5.74, 6) is 7.72. The molecule has 202 valence electrons. The van der Waals surface area contributed by atoms with Crippen LogP contribution in [0.5, 0.6) is 0 Å². The number of ether oxygens (including phenoxy) is 1. The Labute approximate surface area is 223 Å². The van der Waals surface area contributed by atoms with Gasteiger partial charge >= 0.3 is 6.09 Å². The van der Waals surface area contributed by atoms with E-state index >= 15 is 0 Å². The summed E-state index contributed by atoms with van der Waals surface area (Å²) in [6.07, 6.45) is 5.46. The highest BCUT2D eigenvalue weighted by atomic mass is 19.1. The fourth-order valence-corrected chi connectivity index (χ4v) is 4.12. The number of ketones is 1. The molecule has 0 saturated heterocycles. The molecule has 9 heteroatoms. The van der Waals surface area contributed by atoms with E-state index in [0.29, 0.717) is 35.5 Å². The molecule has 2 fully saturated rings. The van der Waals surface area contributed by atoms with Crippen LogP contribution in [0.3, 0.4) is 0 Å². The van der Waals surface area contributed by atoms with Crippen LogP contribution in [0.1, 0.15) is 65.4 Å². The minimum atomic E-state index is -0.606. The van der Waals surface area contributed by atoms with Crippen LogP contribution in [0.4, 0.5) is 26.6 Å². The van der Waals surface area contributed by atoms with E-state index in [4.69, 9.17) is 4.74 Å². The zero-order valence-electron chi connectivity index (χ0n) is 22.7. The van der Waals surface area contributed by atoms with Crippen molar-refractivity contribution in [2.75, 3.05) is 17.7 Å². The van der Waals surface area contributed by atoms with Gasteiger partial charge in [0, 0.05) is 31.1 Å². The van der Waals surface area contributed by atoms with E-state index in [1.807, 2.05) is 0 Å². The van der Waals surface area contributed by atoms with Gasteiger partial charge in [-0.3, -0.25) is 4.79 Å². The SMILES string of the molecule is C[C@@H](C(=O)CC1CC(C#Cc2cnc(Nc3cccc(F)c3)nc2NC2CC2)C1)N(C)C(=O)OC(C)(C)C. The number of halogens is 1. The van der Waals surface area contributed by atoms with Crippen molar-refractivity contribution in [3.05, 3.63) is 41.8 Å². The Morgan fingerprint density at radius 1 is 1.26 bits per heavy atom. The third-order valence-corrected chi connectivity index (χ3v) is 6.65. The lowest BCUT2D eigenvalue weighted by Gasteiger charge is -2.33. The monoisotopic (exact) mass is 521 g/mol. The highest BCUT2D eigenvalue weighted by Gasteiger charge is 2.33. The number of nitrogens with zero attached hydrogens (tertiary/aromatic N) is 3. The first-order chi connectivity index (χ1) is 18.0. The third-order valence-electron chi connectivity index (χ3n) is 6.65. The van der Waals surface area contributed by atoms with Crippen LogP contribution in [0.2, 0.25) is 0 Å². The average molecular weight is 522 g/mol. The van der Waals surface area contributed by atoms with Gasteiger partial charge in [0.2, 0.25) is 5.95 Å². The number of anilines is 3. The van der Waals surface area contributed by atoms with Crippen LogP contribution >= 0.6 is 0 Å². The summed E-state index contributed by atoms with van der Waals surface area (Å²) in [4.78, 5) is 35.3. The molecular formula is C29H36FN5O3. The lowest BCUT2D eigenvalue weighted by molar-refractivity contribution is -0.125. The maximum atomic E-state index is 13.5. The minimum absolute atomic E-state index is 0.0282. The highest BCUT2D eigenvalue weighted by Crippen LogP contribution is 2.36. The number of amides is 1. The van der Waals surface area contributed by atoms with Crippen LogP contribution in [-0.4, -0.2) is 51.5 Å². The fraction of sp³-hybridized carbons (Fsp3) is 0.517. The number of aromatic nitrogens is 2. The van der Waals surface area contributed by atoms with Gasteiger partial charge in [-0.1, -0.05) is 17.9 Å². The summed E-state index contributed by atoms with van der Waals surface area (Å²) < 4.78 is 18.9. The minimum Gasteiger partial charge on any atom is -0.444 e. The van der Waals surface area contributed by atoms with E-state index in [2.05, 4.69) is 32.4 Å². The van der Waals surface area contributed by atoms with E-state index in [1.54, 1.807) is 53.1 Å². The number of rotatable bonds is 8. The zero-order valence-corrected chi connectivity index (χ0v) is 22.7. The normalized spacial score (nSPS) is 19.3. The molecule has 0 aliphatic heterocycles. The molecule has 2 aromatic rings. The molecule has 1 atom stereocenters. The van der Waals surface area contributed by atoms with Crippen LogP contribution in [0, 0.1) is 29.5 Å². The molecule has 0 spiro atoms. The summed E-state index contributed by atoms with van der Waals surface area (Å²) in [5.41, 5.74) is 0.683. The summed E-state index contributed by atoms with van der Waals surface area (Å²) in [6.45, 7) is 7.14. The Balaban J connectivity index is 1.32. The van der Waals surface area contributed by atoms with E-state index in [1.165, 1.54) is 17.0 Å². The molecule has 0 unspecified atom stereocenters. The molecule has 38 heavy (non-hydrogen) atoms. The van der Waals surface area contributed by atoms with Gasteiger partial charge < -0.3 is 20.3 Å². The second-order valence-corrected chi connectivity index (χ2v) is 11.3. The predicted molar refractivity (Wildman–Crippen MR) is 145 cm³/mol. The van der Waals surface area contributed by atoms with Gasteiger partial charge in [-0.05, 0) is 77.5 Å². The number of likely N-dealkylation sites (N-methyl/N-ethyl adjacent to an activating group) is 1. The average Bonchev–Trinajstić information content (AvgIpc) is 3.63. The molecule has 1 aromatic carbocycles. The van der Waals surface area contributed by atoms with Crippen molar-refractivity contribution < 1.29 is 18.7 Å². The topological polar surface area (TPSA) is 96.5 Å². The quantitative estimate of drug-likeness (QED) is 0.441. The number of carbonyl (C=O) groups is 2. The predicted octanol–water partition coefficient (Wildman–Crippen LogP) is 5.53. The second kappa shape index (κ2) is 11.4. The van der Waals surface area contributed by atoms with Crippen molar-refractivity contribution in [1.29, 1.82) is 0 Å². The van der Waals surface area contributed by atoms with Gasteiger partial charge in [0.15, 0.2) is 5.78 Å². The molecule has 2 saturated carbocycles. The smallest absolute Gasteiger partial charge is 0.410 e. The Bertz CT molecular complexity index is 1240. The first-order valence-corrected chi connectivity index (χ1v) is 13.1. The van der Waals surface area contributed by atoms with Crippen LogP contribution in [0.25, 0.3) is 0 Å². The van der Waals surface area contributed by atoms with Crippen molar-refractivity contribution in [2.24, 2.45) is 11.8 Å². The number of hydrogen-bond acceptors (Lipinski definition) is 7. The van der Waals surface area contributed by atoms with Crippen LogP contribution in [0.15, 0.2) is 30.5 Å². The highest BCUT2D eigenvalue weighted by molar-refractivity contribution is 5.87. The van der Waals surface area contributed by atoms with Crippen molar-refractivity contribution in [2.45, 2.75) is 77.5 Å². The lowest BCUT2D eigenvalue weighted by Crippen LogP contribution is -2.44. The van der Waals surface area contributed by atoms with Crippen molar-refractivity contribution in [3.8, 4) is 11.8 Å². The maximum absolute atomic E-state index is 13.5. The number of nitrogens with one attached hydrogen (secondary N) is 2. The molecule has 1 heterocycles.